The van der Waals surface area contributed by atoms with Crippen LogP contribution in [0.2, 0.25) is 0 Å². The minimum absolute atomic E-state index is 0.0254. The molecule has 2 heterocycles. The van der Waals surface area contributed by atoms with Crippen LogP contribution in [0, 0.1) is 19.3 Å². The monoisotopic (exact) mass is 303 g/mol. The molecular formula is C18H25NO3. The van der Waals surface area contributed by atoms with Crippen LogP contribution >= 0.6 is 0 Å². The Hall–Kier alpha value is -1.39. The molecule has 2 atom stereocenters. The van der Waals surface area contributed by atoms with Crippen molar-refractivity contribution in [1.82, 2.24) is 4.90 Å². The zero-order valence-electron chi connectivity index (χ0n) is 13.7. The molecule has 0 saturated carbocycles. The zero-order valence-corrected chi connectivity index (χ0v) is 13.7. The van der Waals surface area contributed by atoms with Crippen LogP contribution in [0.15, 0.2) is 18.2 Å². The summed E-state index contributed by atoms with van der Waals surface area (Å²) in [7, 11) is 1.73. The minimum Gasteiger partial charge on any atom is -0.384 e. The second-order valence-corrected chi connectivity index (χ2v) is 6.72. The summed E-state index contributed by atoms with van der Waals surface area (Å²) >= 11 is 0. The zero-order chi connectivity index (χ0) is 15.7. The molecule has 0 spiro atoms. The third kappa shape index (κ3) is 2.66. The first kappa shape index (κ1) is 15.5. The van der Waals surface area contributed by atoms with E-state index in [1.807, 2.05) is 23.1 Å². The van der Waals surface area contributed by atoms with Crippen LogP contribution in [0.25, 0.3) is 0 Å². The highest BCUT2D eigenvalue weighted by Gasteiger charge is 2.48. The van der Waals surface area contributed by atoms with Crippen molar-refractivity contribution in [3.63, 3.8) is 0 Å². The first-order valence-corrected chi connectivity index (χ1v) is 8.03. The number of ether oxygens (including phenoxy) is 2. The Bertz CT molecular complexity index is 571. The first-order valence-electron chi connectivity index (χ1n) is 8.03. The molecule has 2 saturated heterocycles. The molecule has 0 aromatic heterocycles. The molecule has 0 bridgehead atoms. The van der Waals surface area contributed by atoms with E-state index in [1.54, 1.807) is 7.11 Å². The van der Waals surface area contributed by atoms with Crippen molar-refractivity contribution in [2.45, 2.75) is 32.8 Å². The number of benzene rings is 1. The van der Waals surface area contributed by atoms with E-state index in [-0.39, 0.29) is 17.4 Å². The molecule has 2 aliphatic heterocycles. The molecule has 0 unspecified atom stereocenters. The van der Waals surface area contributed by atoms with Gasteiger partial charge in [-0.25, -0.2) is 0 Å². The molecule has 22 heavy (non-hydrogen) atoms. The predicted octanol–water partition coefficient (Wildman–Crippen LogP) is 2.57. The number of hydrogen-bond acceptors (Lipinski definition) is 3. The summed E-state index contributed by atoms with van der Waals surface area (Å²) in [6.45, 7) is 7.06. The number of carbonyl (C=O) groups excluding carboxylic acids is 1. The molecular weight excluding hydrogens is 278 g/mol. The van der Waals surface area contributed by atoms with E-state index in [4.69, 9.17) is 9.47 Å². The lowest BCUT2D eigenvalue weighted by atomic mass is 9.77. The Morgan fingerprint density at radius 2 is 2.23 bits per heavy atom. The van der Waals surface area contributed by atoms with Crippen LogP contribution in [0.3, 0.4) is 0 Å². The topological polar surface area (TPSA) is 38.8 Å². The molecule has 0 radical (unpaired) electrons. The number of carbonyl (C=O) groups is 1. The molecule has 1 aromatic rings. The molecule has 1 amide bonds. The molecule has 1 aromatic carbocycles. The van der Waals surface area contributed by atoms with Crippen LogP contribution in [-0.4, -0.2) is 50.3 Å². The number of hydrogen-bond donors (Lipinski definition) is 0. The first-order chi connectivity index (χ1) is 10.6. The van der Waals surface area contributed by atoms with E-state index in [9.17, 15) is 4.79 Å². The quantitative estimate of drug-likeness (QED) is 0.861. The molecule has 4 heteroatoms. The fraction of sp³-hybridized carbons (Fsp3) is 0.611. The van der Waals surface area contributed by atoms with Crippen LogP contribution in [-0.2, 0) is 9.47 Å². The van der Waals surface area contributed by atoms with Crippen molar-refractivity contribution >= 4 is 5.91 Å². The van der Waals surface area contributed by atoms with Crippen molar-refractivity contribution in [2.24, 2.45) is 5.41 Å². The van der Waals surface area contributed by atoms with Crippen LogP contribution in [0.5, 0.6) is 0 Å². The van der Waals surface area contributed by atoms with E-state index in [1.165, 1.54) is 5.56 Å². The van der Waals surface area contributed by atoms with E-state index < -0.39 is 0 Å². The normalized spacial score (nSPS) is 27.8. The predicted molar refractivity (Wildman–Crippen MR) is 85.1 cm³/mol. The van der Waals surface area contributed by atoms with Crippen molar-refractivity contribution in [3.05, 3.63) is 34.9 Å². The smallest absolute Gasteiger partial charge is 0.253 e. The summed E-state index contributed by atoms with van der Waals surface area (Å²) in [4.78, 5) is 14.8. The van der Waals surface area contributed by atoms with Crippen molar-refractivity contribution in [3.8, 4) is 0 Å². The van der Waals surface area contributed by atoms with Crippen molar-refractivity contribution < 1.29 is 14.3 Å². The highest BCUT2D eigenvalue weighted by Crippen LogP contribution is 2.41. The SMILES string of the molecule is COC[C@]12CCO[C@H]1CCN(C(=O)c1ccc(C)c(C)c1)C2. The minimum atomic E-state index is -0.0254. The summed E-state index contributed by atoms with van der Waals surface area (Å²) in [5.41, 5.74) is 3.14. The van der Waals surface area contributed by atoms with Crippen LogP contribution in [0.4, 0.5) is 0 Å². The molecule has 120 valence electrons. The Balaban J connectivity index is 1.80. The Labute approximate surface area is 132 Å². The summed E-state index contributed by atoms with van der Waals surface area (Å²) in [6.07, 6.45) is 2.11. The van der Waals surface area contributed by atoms with Gasteiger partial charge >= 0.3 is 0 Å². The van der Waals surface area contributed by atoms with E-state index in [2.05, 4.69) is 13.8 Å². The van der Waals surface area contributed by atoms with Crippen molar-refractivity contribution in [1.29, 1.82) is 0 Å². The van der Waals surface area contributed by atoms with Gasteiger partial charge in [0.15, 0.2) is 0 Å². The van der Waals surface area contributed by atoms with Gasteiger partial charge in [-0.2, -0.15) is 0 Å². The maximum Gasteiger partial charge on any atom is 0.253 e. The maximum absolute atomic E-state index is 12.8. The highest BCUT2D eigenvalue weighted by atomic mass is 16.5. The number of methoxy groups -OCH3 is 1. The largest absolute Gasteiger partial charge is 0.384 e. The second-order valence-electron chi connectivity index (χ2n) is 6.72. The van der Waals surface area contributed by atoms with Crippen LogP contribution in [0.1, 0.15) is 34.3 Å². The van der Waals surface area contributed by atoms with Gasteiger partial charge < -0.3 is 14.4 Å². The van der Waals surface area contributed by atoms with Gasteiger partial charge in [0.25, 0.3) is 5.91 Å². The fourth-order valence-corrected chi connectivity index (χ4v) is 3.77. The summed E-state index contributed by atoms with van der Waals surface area (Å²) < 4.78 is 11.3. The molecule has 0 aliphatic carbocycles. The van der Waals surface area contributed by atoms with Gasteiger partial charge in [0, 0.05) is 37.8 Å². The number of aryl methyl sites for hydroxylation is 2. The Kier molecular flexibility index (Phi) is 4.24. The lowest BCUT2D eigenvalue weighted by molar-refractivity contribution is -0.0469. The lowest BCUT2D eigenvalue weighted by Crippen LogP contribution is -2.53. The van der Waals surface area contributed by atoms with Gasteiger partial charge in [-0.15, -0.1) is 0 Å². The molecule has 4 nitrogen and oxygen atoms in total. The van der Waals surface area contributed by atoms with E-state index in [0.29, 0.717) is 6.61 Å². The number of amides is 1. The van der Waals surface area contributed by atoms with Gasteiger partial charge in [-0.1, -0.05) is 6.07 Å². The van der Waals surface area contributed by atoms with Crippen molar-refractivity contribution in [2.75, 3.05) is 33.4 Å². The lowest BCUT2D eigenvalue weighted by Gasteiger charge is -2.43. The average molecular weight is 303 g/mol. The summed E-state index contributed by atoms with van der Waals surface area (Å²) in [5, 5.41) is 0. The summed E-state index contributed by atoms with van der Waals surface area (Å²) in [5.74, 6) is 0.129. The van der Waals surface area contributed by atoms with Gasteiger partial charge in [-0.3, -0.25) is 4.79 Å². The van der Waals surface area contributed by atoms with Gasteiger partial charge in [0.1, 0.15) is 0 Å². The van der Waals surface area contributed by atoms with Gasteiger partial charge in [0.2, 0.25) is 0 Å². The standard InChI is InChI=1S/C18H25NO3/c1-13-4-5-15(10-14(13)2)17(20)19-8-6-16-18(11-19,12-21-3)7-9-22-16/h4-5,10,16H,6-9,11-12H2,1-3H3/t16-,18+/m0/s1. The van der Waals surface area contributed by atoms with Gasteiger partial charge in [0.05, 0.1) is 12.7 Å². The number of likely N-dealkylation sites (tertiary alicyclic amines) is 1. The highest BCUT2D eigenvalue weighted by molar-refractivity contribution is 5.94. The van der Waals surface area contributed by atoms with Crippen LogP contribution < -0.4 is 0 Å². The Morgan fingerprint density at radius 3 is 2.95 bits per heavy atom. The molecule has 3 rings (SSSR count). The number of nitrogens with zero attached hydrogens (tertiary/aromatic N) is 1. The third-order valence-corrected chi connectivity index (χ3v) is 5.24. The third-order valence-electron chi connectivity index (χ3n) is 5.24. The number of fused-ring (bicyclic) bond motifs is 1. The summed E-state index contributed by atoms with van der Waals surface area (Å²) in [6, 6.07) is 5.96. The molecule has 2 fully saturated rings. The van der Waals surface area contributed by atoms with E-state index >= 15 is 0 Å². The van der Waals surface area contributed by atoms with E-state index in [0.717, 1.165) is 43.7 Å². The number of rotatable bonds is 3. The Morgan fingerprint density at radius 1 is 1.41 bits per heavy atom. The second kappa shape index (κ2) is 6.01. The average Bonchev–Trinajstić information content (AvgIpc) is 2.92. The number of piperidine rings is 1. The molecule has 0 N–H and O–H groups in total. The molecule has 2 aliphatic rings. The maximum atomic E-state index is 12.8. The van der Waals surface area contributed by atoms with Gasteiger partial charge in [-0.05, 0) is 49.9 Å². The fourth-order valence-electron chi connectivity index (χ4n) is 3.77.